The van der Waals surface area contributed by atoms with E-state index in [2.05, 4.69) is 5.32 Å². The summed E-state index contributed by atoms with van der Waals surface area (Å²) in [6.45, 7) is 2.90. The molecule has 0 aromatic heterocycles. The molecule has 0 aliphatic rings. The summed E-state index contributed by atoms with van der Waals surface area (Å²) >= 11 is 1.47. The van der Waals surface area contributed by atoms with Crippen molar-refractivity contribution in [1.29, 1.82) is 0 Å². The first-order valence-corrected chi connectivity index (χ1v) is 7.15. The fourth-order valence-corrected chi connectivity index (χ4v) is 2.49. The Morgan fingerprint density at radius 1 is 1.25 bits per heavy atom. The quantitative estimate of drug-likeness (QED) is 0.587. The first-order valence-electron chi connectivity index (χ1n) is 6.27. The van der Waals surface area contributed by atoms with E-state index < -0.39 is 0 Å². The van der Waals surface area contributed by atoms with Crippen LogP contribution in [0.5, 0.6) is 11.5 Å². The molecule has 1 aromatic rings. The molecule has 0 heterocycles. The van der Waals surface area contributed by atoms with E-state index in [1.807, 2.05) is 25.1 Å². The maximum absolute atomic E-state index is 11.9. The Morgan fingerprint density at radius 2 is 1.95 bits per heavy atom. The van der Waals surface area contributed by atoms with Gasteiger partial charge in [-0.1, -0.05) is 0 Å². The largest absolute Gasteiger partial charge is 0.493 e. The minimum atomic E-state index is -0.190. The normalized spacial score (nSPS) is 11.8. The van der Waals surface area contributed by atoms with Gasteiger partial charge in [0.2, 0.25) is 5.91 Å². The van der Waals surface area contributed by atoms with Crippen molar-refractivity contribution >= 4 is 17.7 Å². The monoisotopic (exact) mass is 299 g/mol. The predicted octanol–water partition coefficient (Wildman–Crippen LogP) is 1.95. The van der Waals surface area contributed by atoms with Crippen molar-refractivity contribution in [3.63, 3.8) is 0 Å². The lowest BCUT2D eigenvalue weighted by Crippen LogP contribution is -2.33. The van der Waals surface area contributed by atoms with Crippen LogP contribution >= 0.6 is 11.8 Å². The van der Waals surface area contributed by atoms with Gasteiger partial charge in [-0.3, -0.25) is 4.79 Å². The van der Waals surface area contributed by atoms with Crippen molar-refractivity contribution in [1.82, 2.24) is 5.32 Å². The molecule has 1 N–H and O–H groups in total. The molecule has 0 saturated carbocycles. The van der Waals surface area contributed by atoms with E-state index in [9.17, 15) is 4.79 Å². The summed E-state index contributed by atoms with van der Waals surface area (Å²) in [7, 11) is 4.79. The standard InChI is InChI=1S/C14H21NO4S/c1-10(14(16)15-7-8-17-2)20-11-5-6-12(18-3)13(9-11)19-4/h5-6,9-10H,7-8H2,1-4H3,(H,15,16)/t10-/m0/s1. The van der Waals surface area contributed by atoms with Crippen LogP contribution in [0.3, 0.4) is 0 Å². The van der Waals surface area contributed by atoms with Crippen LogP contribution in [-0.4, -0.2) is 45.6 Å². The summed E-state index contributed by atoms with van der Waals surface area (Å²) in [5.41, 5.74) is 0. The van der Waals surface area contributed by atoms with Gasteiger partial charge in [0.05, 0.1) is 26.1 Å². The second-order valence-corrected chi connectivity index (χ2v) is 5.47. The van der Waals surface area contributed by atoms with Crippen molar-refractivity contribution in [3.05, 3.63) is 18.2 Å². The molecule has 0 fully saturated rings. The molecule has 1 atom stereocenters. The number of benzene rings is 1. The Labute approximate surface area is 124 Å². The van der Waals surface area contributed by atoms with Crippen molar-refractivity contribution < 1.29 is 19.0 Å². The maximum atomic E-state index is 11.9. The second-order valence-electron chi connectivity index (χ2n) is 4.06. The summed E-state index contributed by atoms with van der Waals surface area (Å²) in [5, 5.41) is 2.62. The van der Waals surface area contributed by atoms with E-state index in [0.717, 1.165) is 4.90 Å². The Bertz CT molecular complexity index is 439. The van der Waals surface area contributed by atoms with Gasteiger partial charge >= 0.3 is 0 Å². The van der Waals surface area contributed by atoms with Crippen LogP contribution in [0.15, 0.2) is 23.1 Å². The van der Waals surface area contributed by atoms with E-state index in [1.165, 1.54) is 11.8 Å². The van der Waals surface area contributed by atoms with E-state index in [0.29, 0.717) is 24.7 Å². The third-order valence-electron chi connectivity index (χ3n) is 2.64. The van der Waals surface area contributed by atoms with Crippen molar-refractivity contribution in [2.45, 2.75) is 17.1 Å². The van der Waals surface area contributed by atoms with Crippen LogP contribution in [0, 0.1) is 0 Å². The molecule has 0 aliphatic carbocycles. The van der Waals surface area contributed by atoms with E-state index in [-0.39, 0.29) is 11.2 Å². The Balaban J connectivity index is 2.61. The molecule has 0 saturated heterocycles. The first kappa shape index (κ1) is 16.7. The first-order chi connectivity index (χ1) is 9.62. The molecule has 20 heavy (non-hydrogen) atoms. The lowest BCUT2D eigenvalue weighted by Gasteiger charge is -2.13. The lowest BCUT2D eigenvalue weighted by atomic mass is 10.3. The average molecular weight is 299 g/mol. The van der Waals surface area contributed by atoms with Crippen LogP contribution in [0.25, 0.3) is 0 Å². The number of methoxy groups -OCH3 is 3. The number of amides is 1. The van der Waals surface area contributed by atoms with Gasteiger partial charge in [-0.05, 0) is 25.1 Å². The highest BCUT2D eigenvalue weighted by atomic mass is 32.2. The highest BCUT2D eigenvalue weighted by molar-refractivity contribution is 8.00. The molecule has 0 radical (unpaired) electrons. The number of thioether (sulfide) groups is 1. The van der Waals surface area contributed by atoms with Crippen molar-refractivity contribution in [2.24, 2.45) is 0 Å². The van der Waals surface area contributed by atoms with Crippen molar-refractivity contribution in [2.75, 3.05) is 34.5 Å². The van der Waals surface area contributed by atoms with Crippen LogP contribution in [0.1, 0.15) is 6.92 Å². The minimum absolute atomic E-state index is 0.0122. The molecule has 5 nitrogen and oxygen atoms in total. The zero-order valence-electron chi connectivity index (χ0n) is 12.3. The molecule has 0 aliphatic heterocycles. The van der Waals surface area contributed by atoms with Crippen LogP contribution in [0.2, 0.25) is 0 Å². The molecular weight excluding hydrogens is 278 g/mol. The topological polar surface area (TPSA) is 56.8 Å². The minimum Gasteiger partial charge on any atom is -0.493 e. The fourth-order valence-electron chi connectivity index (χ4n) is 1.57. The van der Waals surface area contributed by atoms with Crippen LogP contribution in [0.4, 0.5) is 0 Å². The van der Waals surface area contributed by atoms with Gasteiger partial charge in [0.25, 0.3) is 0 Å². The van der Waals surface area contributed by atoms with Gasteiger partial charge in [-0.2, -0.15) is 0 Å². The lowest BCUT2D eigenvalue weighted by molar-refractivity contribution is -0.120. The van der Waals surface area contributed by atoms with E-state index >= 15 is 0 Å². The Morgan fingerprint density at radius 3 is 2.55 bits per heavy atom. The van der Waals surface area contributed by atoms with Crippen LogP contribution in [-0.2, 0) is 9.53 Å². The molecule has 6 heteroatoms. The van der Waals surface area contributed by atoms with E-state index in [1.54, 1.807) is 21.3 Å². The molecule has 0 spiro atoms. The SMILES string of the molecule is COCCNC(=O)[C@H](C)Sc1ccc(OC)c(OC)c1. The summed E-state index contributed by atoms with van der Waals surface area (Å²) in [6, 6.07) is 5.60. The predicted molar refractivity (Wildman–Crippen MR) is 79.8 cm³/mol. The zero-order chi connectivity index (χ0) is 15.0. The van der Waals surface area contributed by atoms with Gasteiger partial charge in [0.1, 0.15) is 0 Å². The third kappa shape index (κ3) is 4.94. The molecule has 0 unspecified atom stereocenters. The van der Waals surface area contributed by atoms with Crippen molar-refractivity contribution in [3.8, 4) is 11.5 Å². The number of rotatable bonds is 8. The highest BCUT2D eigenvalue weighted by Gasteiger charge is 2.15. The van der Waals surface area contributed by atoms with Gasteiger partial charge in [-0.15, -0.1) is 11.8 Å². The Kier molecular flexibility index (Phi) is 7.25. The number of hydrogen-bond donors (Lipinski definition) is 1. The number of hydrogen-bond acceptors (Lipinski definition) is 5. The number of carbonyl (C=O) groups is 1. The maximum Gasteiger partial charge on any atom is 0.233 e. The fraction of sp³-hybridized carbons (Fsp3) is 0.500. The van der Waals surface area contributed by atoms with Gasteiger partial charge in [-0.25, -0.2) is 0 Å². The molecule has 1 rings (SSSR count). The molecular formula is C14H21NO4S. The van der Waals surface area contributed by atoms with Crippen LogP contribution < -0.4 is 14.8 Å². The molecule has 1 aromatic carbocycles. The smallest absolute Gasteiger partial charge is 0.233 e. The average Bonchev–Trinajstić information content (AvgIpc) is 2.47. The highest BCUT2D eigenvalue weighted by Crippen LogP contribution is 2.33. The van der Waals surface area contributed by atoms with E-state index in [4.69, 9.17) is 14.2 Å². The van der Waals surface area contributed by atoms with Gasteiger partial charge in [0.15, 0.2) is 11.5 Å². The summed E-state index contributed by atoms with van der Waals surface area (Å²) in [5.74, 6) is 1.32. The zero-order valence-corrected chi connectivity index (χ0v) is 13.1. The molecule has 112 valence electrons. The Hall–Kier alpha value is -1.40. The number of carbonyl (C=O) groups excluding carboxylic acids is 1. The summed E-state index contributed by atoms with van der Waals surface area (Å²) < 4.78 is 15.3. The summed E-state index contributed by atoms with van der Waals surface area (Å²) in [4.78, 5) is 12.8. The number of nitrogens with one attached hydrogen (secondary N) is 1. The second kappa shape index (κ2) is 8.71. The molecule has 0 bridgehead atoms. The third-order valence-corrected chi connectivity index (χ3v) is 3.74. The van der Waals surface area contributed by atoms with Gasteiger partial charge in [0, 0.05) is 18.6 Å². The number of ether oxygens (including phenoxy) is 3. The molecule has 1 amide bonds. The van der Waals surface area contributed by atoms with Gasteiger partial charge < -0.3 is 19.5 Å². The summed E-state index contributed by atoms with van der Waals surface area (Å²) in [6.07, 6.45) is 0.